The van der Waals surface area contributed by atoms with Crippen LogP contribution in [0.2, 0.25) is 5.15 Å². The Bertz CT molecular complexity index is 1440. The molecule has 0 saturated carbocycles. The van der Waals surface area contributed by atoms with Crippen molar-refractivity contribution in [1.82, 2.24) is 19.3 Å². The first-order valence-electron chi connectivity index (χ1n) is 13.3. The largest absolute Gasteiger partial charge is 0.497 e. The summed E-state index contributed by atoms with van der Waals surface area (Å²) in [5.74, 6) is 2.00. The molecule has 1 amide bonds. The number of rotatable bonds is 9. The van der Waals surface area contributed by atoms with Gasteiger partial charge in [-0.05, 0) is 55.3 Å². The fourth-order valence-electron chi connectivity index (χ4n) is 4.61. The first-order valence-corrected chi connectivity index (χ1v) is 14.5. The van der Waals surface area contributed by atoms with Gasteiger partial charge in [0.2, 0.25) is 0 Å². The topological polar surface area (TPSA) is 126 Å². The molecule has 1 N–H and O–H groups in total. The van der Waals surface area contributed by atoms with Gasteiger partial charge in [0.25, 0.3) is 0 Å². The highest BCUT2D eigenvalue weighted by Crippen LogP contribution is 2.35. The SMILES string of the molecule is COC(=O)CC[C@@H]1CO[C@@H](c2nc(Br)c3c(NCc4ccc(OC)cc4OC)ncc(Cl)n23)CN1C(=O)OC(C)(C)C. The van der Waals surface area contributed by atoms with Crippen molar-refractivity contribution in [2.45, 2.75) is 57.9 Å². The summed E-state index contributed by atoms with van der Waals surface area (Å²) >= 11 is 10.2. The lowest BCUT2D eigenvalue weighted by Crippen LogP contribution is -2.51. The number of imidazole rings is 1. The van der Waals surface area contributed by atoms with Crippen LogP contribution < -0.4 is 14.8 Å². The van der Waals surface area contributed by atoms with Crippen LogP contribution in [0.3, 0.4) is 0 Å². The summed E-state index contributed by atoms with van der Waals surface area (Å²) < 4.78 is 29.7. The van der Waals surface area contributed by atoms with Crippen molar-refractivity contribution in [2.75, 3.05) is 39.8 Å². The Balaban J connectivity index is 1.62. The standard InChI is InChI=1S/C28H35BrClN5O7/c1-28(2,3)42-27(37)34-14-20(41-15-17(34)8-10-22(36)40-6)26-33-24(29)23-25(32-13-21(30)35(23)26)31-12-16-7-9-18(38-4)11-19(16)39-5/h7,9,11,13,17,20H,8,10,12,14-15H2,1-6H3,(H,31,32)/t17-,20-/m1/s1. The van der Waals surface area contributed by atoms with Crippen molar-refractivity contribution in [3.63, 3.8) is 0 Å². The van der Waals surface area contributed by atoms with Crippen LogP contribution in [0.1, 0.15) is 51.1 Å². The molecule has 1 fully saturated rings. The summed E-state index contributed by atoms with van der Waals surface area (Å²) in [6, 6.07) is 5.18. The van der Waals surface area contributed by atoms with E-state index in [1.54, 1.807) is 44.3 Å². The Kier molecular flexibility index (Phi) is 10.1. The van der Waals surface area contributed by atoms with E-state index in [2.05, 4.69) is 26.2 Å². The number of esters is 1. The van der Waals surface area contributed by atoms with Gasteiger partial charge in [-0.25, -0.2) is 14.8 Å². The molecule has 14 heteroatoms. The zero-order chi connectivity index (χ0) is 30.6. The highest BCUT2D eigenvalue weighted by atomic mass is 79.9. The van der Waals surface area contributed by atoms with Crippen LogP contribution in [-0.2, 0) is 25.5 Å². The predicted octanol–water partition coefficient (Wildman–Crippen LogP) is 5.40. The number of carbonyl (C=O) groups is 2. The first-order chi connectivity index (χ1) is 19.9. The zero-order valence-electron chi connectivity index (χ0n) is 24.4. The average molecular weight is 669 g/mol. The number of ether oxygens (including phenoxy) is 5. The molecule has 1 aliphatic heterocycles. The van der Waals surface area contributed by atoms with Gasteiger partial charge in [-0.3, -0.25) is 14.1 Å². The molecule has 0 radical (unpaired) electrons. The maximum absolute atomic E-state index is 13.2. The number of morpholine rings is 1. The molecule has 4 rings (SSSR count). The summed E-state index contributed by atoms with van der Waals surface area (Å²) in [6.07, 6.45) is 0.873. The van der Waals surface area contributed by atoms with Crippen LogP contribution in [0.15, 0.2) is 29.0 Å². The number of halogens is 2. The number of amides is 1. The van der Waals surface area contributed by atoms with Gasteiger partial charge >= 0.3 is 12.1 Å². The third-order valence-electron chi connectivity index (χ3n) is 6.66. The van der Waals surface area contributed by atoms with Crippen molar-refractivity contribution in [3.8, 4) is 11.5 Å². The Hall–Kier alpha value is -3.29. The lowest BCUT2D eigenvalue weighted by atomic mass is 10.1. The molecule has 1 aromatic carbocycles. The molecular weight excluding hydrogens is 634 g/mol. The van der Waals surface area contributed by atoms with E-state index >= 15 is 0 Å². The number of nitrogens with one attached hydrogen (secondary N) is 1. The van der Waals surface area contributed by atoms with E-state index < -0.39 is 23.8 Å². The van der Waals surface area contributed by atoms with Crippen molar-refractivity contribution in [1.29, 1.82) is 0 Å². The molecule has 0 aliphatic carbocycles. The van der Waals surface area contributed by atoms with E-state index in [1.165, 1.54) is 13.3 Å². The second-order valence-corrected chi connectivity index (χ2v) is 11.8. The summed E-state index contributed by atoms with van der Waals surface area (Å²) in [5.41, 5.74) is 0.791. The number of fused-ring (bicyclic) bond motifs is 1. The third kappa shape index (κ3) is 7.19. The van der Waals surface area contributed by atoms with Crippen molar-refractivity contribution >= 4 is 50.9 Å². The molecular formula is C28H35BrClN5O7. The van der Waals surface area contributed by atoms with Gasteiger partial charge in [0.1, 0.15) is 44.3 Å². The second kappa shape index (κ2) is 13.3. The highest BCUT2D eigenvalue weighted by molar-refractivity contribution is 9.10. The van der Waals surface area contributed by atoms with E-state index in [1.807, 2.05) is 18.2 Å². The molecule has 0 unspecified atom stereocenters. The number of aromatic nitrogens is 3. The van der Waals surface area contributed by atoms with E-state index in [0.717, 1.165) is 5.56 Å². The van der Waals surface area contributed by atoms with Crippen LogP contribution in [0.4, 0.5) is 10.6 Å². The Morgan fingerprint density at radius 3 is 2.64 bits per heavy atom. The number of hydrogen-bond donors (Lipinski definition) is 1. The minimum Gasteiger partial charge on any atom is -0.497 e. The fourth-order valence-corrected chi connectivity index (χ4v) is 5.38. The van der Waals surface area contributed by atoms with E-state index in [0.29, 0.717) is 51.4 Å². The van der Waals surface area contributed by atoms with Crippen molar-refractivity contribution in [2.24, 2.45) is 0 Å². The molecule has 0 bridgehead atoms. The molecule has 228 valence electrons. The van der Waals surface area contributed by atoms with Gasteiger partial charge in [0.15, 0.2) is 5.82 Å². The highest BCUT2D eigenvalue weighted by Gasteiger charge is 2.38. The number of nitrogens with zero attached hydrogens (tertiary/aromatic N) is 4. The molecule has 1 aliphatic rings. The molecule has 3 aromatic rings. The molecule has 3 heterocycles. The monoisotopic (exact) mass is 667 g/mol. The van der Waals surface area contributed by atoms with Gasteiger partial charge < -0.3 is 29.0 Å². The van der Waals surface area contributed by atoms with Gasteiger partial charge in [-0.2, -0.15) is 0 Å². The van der Waals surface area contributed by atoms with E-state index in [4.69, 9.17) is 40.3 Å². The maximum atomic E-state index is 13.2. The summed E-state index contributed by atoms with van der Waals surface area (Å²) in [6.45, 7) is 6.10. The molecule has 42 heavy (non-hydrogen) atoms. The molecule has 0 spiro atoms. The third-order valence-corrected chi connectivity index (χ3v) is 7.48. The molecule has 12 nitrogen and oxygen atoms in total. The number of benzene rings is 1. The maximum Gasteiger partial charge on any atom is 0.410 e. The molecule has 2 atom stereocenters. The van der Waals surface area contributed by atoms with Crippen LogP contribution in [0, 0.1) is 0 Å². The zero-order valence-corrected chi connectivity index (χ0v) is 26.7. The first kappa shape index (κ1) is 31.6. The minimum absolute atomic E-state index is 0.136. The molecule has 1 saturated heterocycles. The minimum atomic E-state index is -0.705. The number of methoxy groups -OCH3 is 3. The van der Waals surface area contributed by atoms with Crippen LogP contribution in [-0.4, -0.2) is 77.5 Å². The quantitative estimate of drug-likeness (QED) is 0.296. The summed E-state index contributed by atoms with van der Waals surface area (Å²) in [5, 5.41) is 3.65. The molecule has 2 aromatic heterocycles. The van der Waals surface area contributed by atoms with Crippen LogP contribution >= 0.6 is 27.5 Å². The number of carbonyl (C=O) groups excluding carboxylic acids is 2. The Labute approximate surface area is 257 Å². The van der Waals surface area contributed by atoms with E-state index in [-0.39, 0.29) is 25.5 Å². The number of anilines is 1. The lowest BCUT2D eigenvalue weighted by molar-refractivity contribution is -0.141. The lowest BCUT2D eigenvalue weighted by Gasteiger charge is -2.39. The summed E-state index contributed by atoms with van der Waals surface area (Å²) in [4.78, 5) is 35.9. The van der Waals surface area contributed by atoms with Crippen molar-refractivity contribution < 1.29 is 33.3 Å². The smallest absolute Gasteiger partial charge is 0.410 e. The number of hydrogen-bond acceptors (Lipinski definition) is 10. The summed E-state index contributed by atoms with van der Waals surface area (Å²) in [7, 11) is 4.53. The normalized spacial score (nSPS) is 17.2. The van der Waals surface area contributed by atoms with Crippen LogP contribution in [0.25, 0.3) is 5.52 Å². The van der Waals surface area contributed by atoms with Gasteiger partial charge in [0, 0.05) is 24.6 Å². The Morgan fingerprint density at radius 2 is 1.98 bits per heavy atom. The second-order valence-electron chi connectivity index (χ2n) is 10.6. The Morgan fingerprint density at radius 1 is 1.21 bits per heavy atom. The van der Waals surface area contributed by atoms with E-state index in [9.17, 15) is 9.59 Å². The fraction of sp³-hybridized carbons (Fsp3) is 0.500. The predicted molar refractivity (Wildman–Crippen MR) is 159 cm³/mol. The average Bonchev–Trinajstić information content (AvgIpc) is 3.32. The van der Waals surface area contributed by atoms with Gasteiger partial charge in [-0.1, -0.05) is 11.6 Å². The van der Waals surface area contributed by atoms with Gasteiger partial charge in [0.05, 0.1) is 46.7 Å². The van der Waals surface area contributed by atoms with Gasteiger partial charge in [-0.15, -0.1) is 0 Å². The van der Waals surface area contributed by atoms with Crippen LogP contribution in [0.5, 0.6) is 11.5 Å². The van der Waals surface area contributed by atoms with Crippen molar-refractivity contribution in [3.05, 3.63) is 45.5 Å².